The standard InChI is InChI=1S/C12H15BrN2O4/c1-8-7-19-10(6-16)5-14(8)11-3-2-9(13)4-12(11)15(17)18/h2-4,8,10,16H,5-7H2,1H3. The second-order valence-corrected chi connectivity index (χ2v) is 5.45. The number of anilines is 1. The van der Waals surface area contributed by atoms with Gasteiger partial charge >= 0.3 is 0 Å². The molecule has 1 aliphatic rings. The largest absolute Gasteiger partial charge is 0.394 e. The van der Waals surface area contributed by atoms with Gasteiger partial charge in [0.15, 0.2) is 0 Å². The van der Waals surface area contributed by atoms with Gasteiger partial charge in [-0.3, -0.25) is 10.1 Å². The van der Waals surface area contributed by atoms with Crippen LogP contribution >= 0.6 is 15.9 Å². The lowest BCUT2D eigenvalue weighted by atomic mass is 10.1. The van der Waals surface area contributed by atoms with Crippen molar-refractivity contribution in [2.45, 2.75) is 19.1 Å². The highest BCUT2D eigenvalue weighted by atomic mass is 79.9. The molecule has 0 aliphatic carbocycles. The molecule has 2 atom stereocenters. The second-order valence-electron chi connectivity index (χ2n) is 4.53. The normalized spacial score (nSPS) is 23.4. The van der Waals surface area contributed by atoms with Crippen LogP contribution in [0.4, 0.5) is 11.4 Å². The molecular weight excluding hydrogens is 316 g/mol. The lowest BCUT2D eigenvalue weighted by Gasteiger charge is -2.38. The van der Waals surface area contributed by atoms with E-state index in [-0.39, 0.29) is 24.4 Å². The van der Waals surface area contributed by atoms with E-state index in [1.807, 2.05) is 11.8 Å². The highest BCUT2D eigenvalue weighted by Crippen LogP contribution is 2.33. The van der Waals surface area contributed by atoms with E-state index in [4.69, 9.17) is 4.74 Å². The van der Waals surface area contributed by atoms with Crippen LogP contribution in [0, 0.1) is 10.1 Å². The number of nitro benzene ring substituents is 1. The van der Waals surface area contributed by atoms with Crippen molar-refractivity contribution in [3.63, 3.8) is 0 Å². The molecule has 0 amide bonds. The van der Waals surface area contributed by atoms with Crippen molar-refractivity contribution in [2.75, 3.05) is 24.7 Å². The molecule has 7 heteroatoms. The first-order chi connectivity index (χ1) is 9.02. The zero-order valence-corrected chi connectivity index (χ0v) is 12.0. The van der Waals surface area contributed by atoms with Crippen LogP contribution in [0.15, 0.2) is 22.7 Å². The highest BCUT2D eigenvalue weighted by Gasteiger charge is 2.30. The third-order valence-electron chi connectivity index (χ3n) is 3.15. The second kappa shape index (κ2) is 5.85. The van der Waals surface area contributed by atoms with E-state index in [9.17, 15) is 15.2 Å². The topological polar surface area (TPSA) is 75.8 Å². The van der Waals surface area contributed by atoms with Gasteiger partial charge in [0.05, 0.1) is 24.2 Å². The molecule has 1 aromatic carbocycles. The zero-order chi connectivity index (χ0) is 14.0. The summed E-state index contributed by atoms with van der Waals surface area (Å²) in [5.41, 5.74) is 0.613. The van der Waals surface area contributed by atoms with E-state index in [2.05, 4.69) is 15.9 Å². The van der Waals surface area contributed by atoms with Crippen LogP contribution in [0.25, 0.3) is 0 Å². The van der Waals surface area contributed by atoms with Gasteiger partial charge in [-0.05, 0) is 19.1 Å². The first-order valence-electron chi connectivity index (χ1n) is 5.96. The summed E-state index contributed by atoms with van der Waals surface area (Å²) >= 11 is 3.24. The number of benzene rings is 1. The fraction of sp³-hybridized carbons (Fsp3) is 0.500. The maximum atomic E-state index is 11.2. The van der Waals surface area contributed by atoms with Crippen molar-refractivity contribution in [3.8, 4) is 0 Å². The molecular formula is C12H15BrN2O4. The van der Waals surface area contributed by atoms with Gasteiger partial charge < -0.3 is 14.7 Å². The summed E-state index contributed by atoms with van der Waals surface area (Å²) in [5.74, 6) is 0. The zero-order valence-electron chi connectivity index (χ0n) is 10.5. The number of morpholine rings is 1. The van der Waals surface area contributed by atoms with Crippen molar-refractivity contribution in [1.82, 2.24) is 0 Å². The predicted molar refractivity (Wildman–Crippen MR) is 74.4 cm³/mol. The Morgan fingerprint density at radius 3 is 3.00 bits per heavy atom. The smallest absolute Gasteiger partial charge is 0.293 e. The van der Waals surface area contributed by atoms with Crippen LogP contribution in [0.2, 0.25) is 0 Å². The fourth-order valence-corrected chi connectivity index (χ4v) is 2.50. The van der Waals surface area contributed by atoms with Crippen molar-refractivity contribution >= 4 is 27.3 Å². The average molecular weight is 331 g/mol. The molecule has 1 aromatic rings. The van der Waals surface area contributed by atoms with Crippen molar-refractivity contribution in [3.05, 3.63) is 32.8 Å². The van der Waals surface area contributed by atoms with Crippen LogP contribution in [-0.4, -0.2) is 41.9 Å². The third-order valence-corrected chi connectivity index (χ3v) is 3.65. The lowest BCUT2D eigenvalue weighted by molar-refractivity contribution is -0.384. The van der Waals surface area contributed by atoms with E-state index < -0.39 is 4.92 Å². The summed E-state index contributed by atoms with van der Waals surface area (Å²) in [7, 11) is 0. The maximum Gasteiger partial charge on any atom is 0.293 e. The van der Waals surface area contributed by atoms with Crippen molar-refractivity contribution in [1.29, 1.82) is 0 Å². The number of hydrogen-bond acceptors (Lipinski definition) is 5. The van der Waals surface area contributed by atoms with E-state index >= 15 is 0 Å². The molecule has 0 aromatic heterocycles. The van der Waals surface area contributed by atoms with Crippen LogP contribution in [0.3, 0.4) is 0 Å². The van der Waals surface area contributed by atoms with Gasteiger partial charge in [-0.2, -0.15) is 0 Å². The van der Waals surface area contributed by atoms with Crippen molar-refractivity contribution < 1.29 is 14.8 Å². The molecule has 1 saturated heterocycles. The number of hydrogen-bond donors (Lipinski definition) is 1. The van der Waals surface area contributed by atoms with E-state index in [1.165, 1.54) is 6.07 Å². The number of halogens is 1. The van der Waals surface area contributed by atoms with Crippen molar-refractivity contribution in [2.24, 2.45) is 0 Å². The van der Waals surface area contributed by atoms with Gasteiger partial charge in [0.25, 0.3) is 5.69 Å². The molecule has 19 heavy (non-hydrogen) atoms. The SMILES string of the molecule is CC1COC(CO)CN1c1ccc(Br)cc1[N+](=O)[O-]. The summed E-state index contributed by atoms with van der Waals surface area (Å²) < 4.78 is 6.11. The molecule has 2 unspecified atom stereocenters. The molecule has 1 aliphatic heterocycles. The Bertz CT molecular complexity index is 483. The molecule has 0 bridgehead atoms. The Labute approximate surface area is 119 Å². The summed E-state index contributed by atoms with van der Waals surface area (Å²) in [6.45, 7) is 2.74. The molecule has 0 saturated carbocycles. The predicted octanol–water partition coefficient (Wildman–Crippen LogP) is 1.94. The maximum absolute atomic E-state index is 11.2. The minimum atomic E-state index is -0.393. The van der Waals surface area contributed by atoms with E-state index in [0.29, 0.717) is 23.3 Å². The monoisotopic (exact) mass is 330 g/mol. The van der Waals surface area contributed by atoms with Gasteiger partial charge in [0.2, 0.25) is 0 Å². The lowest BCUT2D eigenvalue weighted by Crippen LogP contribution is -2.49. The van der Waals surface area contributed by atoms with Crippen LogP contribution in [-0.2, 0) is 4.74 Å². The van der Waals surface area contributed by atoms with Gasteiger partial charge in [0.1, 0.15) is 5.69 Å². The molecule has 0 spiro atoms. The van der Waals surface area contributed by atoms with Gasteiger partial charge in [0, 0.05) is 23.1 Å². The molecule has 1 heterocycles. The first-order valence-corrected chi connectivity index (χ1v) is 6.75. The number of rotatable bonds is 3. The molecule has 104 valence electrons. The quantitative estimate of drug-likeness (QED) is 0.677. The van der Waals surface area contributed by atoms with E-state index in [1.54, 1.807) is 12.1 Å². The van der Waals surface area contributed by atoms with Gasteiger partial charge in [-0.1, -0.05) is 15.9 Å². The fourth-order valence-electron chi connectivity index (χ4n) is 2.15. The number of ether oxygens (including phenoxy) is 1. The van der Waals surface area contributed by atoms with Crippen LogP contribution in [0.1, 0.15) is 6.92 Å². The number of nitro groups is 1. The van der Waals surface area contributed by atoms with Crippen LogP contribution < -0.4 is 4.90 Å². The highest BCUT2D eigenvalue weighted by molar-refractivity contribution is 9.10. The van der Waals surface area contributed by atoms with Gasteiger partial charge in [-0.15, -0.1) is 0 Å². The minimum absolute atomic E-state index is 0.0303. The third kappa shape index (κ3) is 3.05. The number of aliphatic hydroxyl groups excluding tert-OH is 1. The minimum Gasteiger partial charge on any atom is -0.394 e. The van der Waals surface area contributed by atoms with Gasteiger partial charge in [-0.25, -0.2) is 0 Å². The van der Waals surface area contributed by atoms with Crippen LogP contribution in [0.5, 0.6) is 0 Å². The number of nitrogens with zero attached hydrogens (tertiary/aromatic N) is 2. The Hall–Kier alpha value is -1.18. The summed E-state index contributed by atoms with van der Waals surface area (Å²) in [4.78, 5) is 12.7. The van der Waals surface area contributed by atoms with E-state index in [0.717, 1.165) is 0 Å². The Morgan fingerprint density at radius 2 is 2.37 bits per heavy atom. The molecule has 0 radical (unpaired) electrons. The Balaban J connectivity index is 2.36. The first kappa shape index (κ1) is 14.2. The summed E-state index contributed by atoms with van der Waals surface area (Å²) in [5, 5.41) is 20.3. The Kier molecular flexibility index (Phi) is 4.38. The average Bonchev–Trinajstić information content (AvgIpc) is 2.39. The number of aliphatic hydroxyl groups is 1. The summed E-state index contributed by atoms with van der Waals surface area (Å²) in [6, 6.07) is 5.02. The Morgan fingerprint density at radius 1 is 1.63 bits per heavy atom. The molecule has 1 fully saturated rings. The summed E-state index contributed by atoms with van der Waals surface area (Å²) in [6.07, 6.45) is -0.306. The molecule has 6 nitrogen and oxygen atoms in total. The molecule has 2 rings (SSSR count). The molecule has 1 N–H and O–H groups in total.